The predicted molar refractivity (Wildman–Crippen MR) is 140 cm³/mol. The minimum atomic E-state index is -2.45. The van der Waals surface area contributed by atoms with Crippen molar-refractivity contribution in [3.05, 3.63) is 54.5 Å². The third-order valence-corrected chi connectivity index (χ3v) is 7.39. The lowest BCUT2D eigenvalue weighted by atomic mass is 10.1. The number of pyridine rings is 1. The summed E-state index contributed by atoms with van der Waals surface area (Å²) in [5.74, 6) is 1.85. The van der Waals surface area contributed by atoms with Crippen LogP contribution in [0.1, 0.15) is 31.4 Å². The van der Waals surface area contributed by atoms with Crippen LogP contribution in [0, 0.1) is 5.92 Å². The minimum absolute atomic E-state index is 0.195. The molecule has 0 bridgehead atoms. The van der Waals surface area contributed by atoms with Crippen molar-refractivity contribution in [1.82, 2.24) is 34.5 Å². The number of anilines is 2. The van der Waals surface area contributed by atoms with Gasteiger partial charge >= 0.3 is 0 Å². The van der Waals surface area contributed by atoms with E-state index in [1.807, 2.05) is 35.2 Å². The highest BCUT2D eigenvalue weighted by Crippen LogP contribution is 2.32. The Morgan fingerprint density at radius 3 is 2.71 bits per heavy atom. The zero-order valence-corrected chi connectivity index (χ0v) is 21.1. The molecule has 9 nitrogen and oxygen atoms in total. The van der Waals surface area contributed by atoms with Crippen molar-refractivity contribution >= 4 is 28.7 Å². The van der Waals surface area contributed by atoms with Crippen molar-refractivity contribution in [3.8, 4) is 11.1 Å². The molecule has 1 aliphatic carbocycles. The monoisotopic (exact) mass is 520 g/mol. The van der Waals surface area contributed by atoms with E-state index >= 15 is 0 Å². The highest BCUT2D eigenvalue weighted by atomic mass is 19.3. The van der Waals surface area contributed by atoms with Crippen molar-refractivity contribution in [2.24, 2.45) is 5.92 Å². The molecule has 2 fully saturated rings. The second-order valence-electron chi connectivity index (χ2n) is 10.1. The zero-order valence-electron chi connectivity index (χ0n) is 21.1. The third-order valence-electron chi connectivity index (χ3n) is 7.39. The van der Waals surface area contributed by atoms with Gasteiger partial charge in [0.2, 0.25) is 11.9 Å². The Morgan fingerprint density at radius 1 is 1.13 bits per heavy atom. The van der Waals surface area contributed by atoms with Crippen LogP contribution in [-0.2, 0) is 11.3 Å². The fourth-order valence-corrected chi connectivity index (χ4v) is 5.03. The van der Waals surface area contributed by atoms with Crippen molar-refractivity contribution < 1.29 is 13.6 Å². The molecule has 1 saturated carbocycles. The quantitative estimate of drug-likeness (QED) is 0.357. The summed E-state index contributed by atoms with van der Waals surface area (Å²) < 4.78 is 26.5. The molecule has 6 rings (SSSR count). The van der Waals surface area contributed by atoms with Gasteiger partial charge in [-0.05, 0) is 55.2 Å². The Bertz CT molecular complexity index is 1440. The van der Waals surface area contributed by atoms with Gasteiger partial charge in [0, 0.05) is 56.1 Å². The first-order chi connectivity index (χ1) is 18.4. The lowest BCUT2D eigenvalue weighted by molar-refractivity contribution is -0.134. The fourth-order valence-electron chi connectivity index (χ4n) is 5.03. The number of nitrogens with one attached hydrogen (secondary N) is 2. The molecular formula is C27H30F2N8O. The smallest absolute Gasteiger partial charge is 0.257 e. The molecule has 0 spiro atoms. The highest BCUT2D eigenvalue weighted by molar-refractivity contribution is 5.84. The number of rotatable bonds is 8. The number of H-pyrrole nitrogens is 1. The number of imidazole rings is 1. The van der Waals surface area contributed by atoms with Crippen LogP contribution in [0.15, 0.2) is 48.9 Å². The SMILES string of the molecule is CC(c1ccnc(Nc2nc3ccc(-c4cnn(CC(F)F)c4)cc3[nH]2)c1)N1CCN(C(=O)C2CC2)CC1. The van der Waals surface area contributed by atoms with E-state index in [9.17, 15) is 13.6 Å². The number of amides is 1. The van der Waals surface area contributed by atoms with Crippen LogP contribution >= 0.6 is 0 Å². The number of benzene rings is 1. The summed E-state index contributed by atoms with van der Waals surface area (Å²) in [6, 6.07) is 9.96. The molecule has 0 radical (unpaired) electrons. The number of alkyl halides is 2. The molecular weight excluding hydrogens is 490 g/mol. The Morgan fingerprint density at radius 2 is 1.95 bits per heavy atom. The second kappa shape index (κ2) is 10.1. The molecule has 2 aliphatic rings. The van der Waals surface area contributed by atoms with Crippen LogP contribution in [-0.4, -0.2) is 73.0 Å². The number of nitrogens with zero attached hydrogens (tertiary/aromatic N) is 6. The maximum absolute atomic E-state index is 12.7. The van der Waals surface area contributed by atoms with Crippen LogP contribution in [0.25, 0.3) is 22.2 Å². The number of halogens is 2. The van der Waals surface area contributed by atoms with E-state index in [0.29, 0.717) is 17.7 Å². The van der Waals surface area contributed by atoms with Crippen molar-refractivity contribution in [3.63, 3.8) is 0 Å². The molecule has 4 aromatic rings. The standard InChI is InChI=1S/C27H30F2N8O/c1-17(35-8-10-36(11-9-35)26(38)18-2-3-18)19-6-7-30-25(13-19)34-27-32-22-5-4-20(12-23(22)33-27)21-14-31-37(15-21)16-24(28)29/h4-7,12-15,17-18,24H,2-3,8-11,16H2,1H3,(H2,30,32,33,34). The molecule has 1 aromatic carbocycles. The van der Waals surface area contributed by atoms with Gasteiger partial charge in [0.15, 0.2) is 0 Å². The number of carbonyl (C=O) groups excluding carboxylic acids is 1. The molecule has 1 atom stereocenters. The van der Waals surface area contributed by atoms with Crippen LogP contribution in [0.2, 0.25) is 0 Å². The fraction of sp³-hybridized carbons (Fsp3) is 0.407. The van der Waals surface area contributed by atoms with Crippen LogP contribution in [0.4, 0.5) is 20.5 Å². The Kier molecular flexibility index (Phi) is 6.52. The Labute approximate surface area is 218 Å². The molecule has 11 heteroatoms. The summed E-state index contributed by atoms with van der Waals surface area (Å²) in [5.41, 5.74) is 4.36. The minimum Gasteiger partial charge on any atom is -0.340 e. The second-order valence-corrected chi connectivity index (χ2v) is 10.1. The first-order valence-electron chi connectivity index (χ1n) is 13.0. The maximum Gasteiger partial charge on any atom is 0.257 e. The summed E-state index contributed by atoms with van der Waals surface area (Å²) in [4.78, 5) is 29.2. The molecule has 1 unspecified atom stereocenters. The average molecular weight is 521 g/mol. The van der Waals surface area contributed by atoms with Crippen LogP contribution < -0.4 is 5.32 Å². The van der Waals surface area contributed by atoms with E-state index in [4.69, 9.17) is 0 Å². The predicted octanol–water partition coefficient (Wildman–Crippen LogP) is 4.45. The van der Waals surface area contributed by atoms with Gasteiger partial charge in [-0.1, -0.05) is 6.07 Å². The van der Waals surface area contributed by atoms with Crippen LogP contribution in [0.3, 0.4) is 0 Å². The van der Waals surface area contributed by atoms with Crippen molar-refractivity contribution in [2.45, 2.75) is 38.8 Å². The average Bonchev–Trinajstić information content (AvgIpc) is 3.54. The number of hydrogen-bond donors (Lipinski definition) is 2. The highest BCUT2D eigenvalue weighted by Gasteiger charge is 2.35. The molecule has 2 N–H and O–H groups in total. The lowest BCUT2D eigenvalue weighted by Crippen LogP contribution is -2.49. The Hall–Kier alpha value is -3.86. The van der Waals surface area contributed by atoms with Gasteiger partial charge in [-0.15, -0.1) is 0 Å². The molecule has 4 heterocycles. The molecule has 1 aliphatic heterocycles. The molecule has 3 aromatic heterocycles. The molecule has 1 saturated heterocycles. The van der Waals surface area contributed by atoms with Crippen LogP contribution in [0.5, 0.6) is 0 Å². The van der Waals surface area contributed by atoms with Crippen molar-refractivity contribution in [2.75, 3.05) is 31.5 Å². The van der Waals surface area contributed by atoms with E-state index in [1.54, 1.807) is 18.6 Å². The normalized spacial score (nSPS) is 17.3. The Balaban J connectivity index is 1.12. The van der Waals surface area contributed by atoms with Crippen molar-refractivity contribution in [1.29, 1.82) is 0 Å². The number of carbonyl (C=O) groups is 1. The lowest BCUT2D eigenvalue weighted by Gasteiger charge is -2.38. The topological polar surface area (TPSA) is 95.0 Å². The van der Waals surface area contributed by atoms with Gasteiger partial charge in [-0.25, -0.2) is 18.7 Å². The summed E-state index contributed by atoms with van der Waals surface area (Å²) >= 11 is 0. The van der Waals surface area contributed by atoms with Gasteiger partial charge in [0.1, 0.15) is 12.4 Å². The molecule has 38 heavy (non-hydrogen) atoms. The number of aromatic nitrogens is 5. The third kappa shape index (κ3) is 5.24. The number of fused-ring (bicyclic) bond motifs is 1. The summed E-state index contributed by atoms with van der Waals surface area (Å²) in [6.45, 7) is 5.04. The zero-order chi connectivity index (χ0) is 26.2. The number of hydrogen-bond acceptors (Lipinski definition) is 6. The molecule has 198 valence electrons. The largest absolute Gasteiger partial charge is 0.340 e. The van der Waals surface area contributed by atoms with Gasteiger partial charge in [0.05, 0.1) is 17.2 Å². The van der Waals surface area contributed by atoms with E-state index < -0.39 is 13.0 Å². The van der Waals surface area contributed by atoms with Gasteiger partial charge in [-0.3, -0.25) is 14.4 Å². The number of aromatic amines is 1. The first-order valence-corrected chi connectivity index (χ1v) is 13.0. The first kappa shape index (κ1) is 24.5. The molecule has 1 amide bonds. The van der Waals surface area contributed by atoms with E-state index in [1.165, 1.54) is 4.68 Å². The summed E-state index contributed by atoms with van der Waals surface area (Å²) in [6.07, 6.45) is 4.63. The van der Waals surface area contributed by atoms with E-state index in [2.05, 4.69) is 37.2 Å². The summed E-state index contributed by atoms with van der Waals surface area (Å²) in [5, 5.41) is 7.29. The maximum atomic E-state index is 12.7. The number of piperazine rings is 1. The van der Waals surface area contributed by atoms with Gasteiger partial charge in [-0.2, -0.15) is 5.10 Å². The summed E-state index contributed by atoms with van der Waals surface area (Å²) in [7, 11) is 0. The van der Waals surface area contributed by atoms with E-state index in [-0.39, 0.29) is 12.0 Å². The van der Waals surface area contributed by atoms with E-state index in [0.717, 1.165) is 66.7 Å². The van der Waals surface area contributed by atoms with Gasteiger partial charge < -0.3 is 15.2 Å². The van der Waals surface area contributed by atoms with Gasteiger partial charge in [0.25, 0.3) is 6.43 Å².